The summed E-state index contributed by atoms with van der Waals surface area (Å²) in [6.07, 6.45) is 0. The van der Waals surface area contributed by atoms with Crippen molar-refractivity contribution < 1.29 is 13.9 Å². The van der Waals surface area contributed by atoms with Crippen LogP contribution in [0.1, 0.15) is 37.0 Å². The third kappa shape index (κ3) is 4.39. The predicted octanol–water partition coefficient (Wildman–Crippen LogP) is 4.80. The van der Waals surface area contributed by atoms with Gasteiger partial charge in [0.25, 0.3) is 5.91 Å². The summed E-state index contributed by atoms with van der Waals surface area (Å²) in [7, 11) is 1.66. The number of nitrogens with zero attached hydrogens (tertiary/aromatic N) is 5. The molecule has 186 valence electrons. The first-order valence-corrected chi connectivity index (χ1v) is 12.1. The highest BCUT2D eigenvalue weighted by atomic mass is 19.1. The first kappa shape index (κ1) is 23.8. The van der Waals surface area contributed by atoms with Crippen molar-refractivity contribution >= 4 is 17.2 Å². The molecule has 4 aromatic rings. The third-order valence-corrected chi connectivity index (χ3v) is 6.56. The van der Waals surface area contributed by atoms with Crippen LogP contribution < -0.4 is 9.64 Å². The van der Waals surface area contributed by atoms with Gasteiger partial charge < -0.3 is 14.5 Å². The van der Waals surface area contributed by atoms with Crippen LogP contribution in [0, 0.1) is 5.82 Å². The van der Waals surface area contributed by atoms with Gasteiger partial charge in [-0.25, -0.2) is 13.9 Å². The zero-order valence-corrected chi connectivity index (χ0v) is 21.0. The Labute approximate surface area is 210 Å². The summed E-state index contributed by atoms with van der Waals surface area (Å²) in [5, 5.41) is 4.73. The van der Waals surface area contributed by atoms with Crippen molar-refractivity contribution in [3.63, 3.8) is 0 Å². The van der Waals surface area contributed by atoms with Gasteiger partial charge >= 0.3 is 0 Å². The van der Waals surface area contributed by atoms with Gasteiger partial charge in [0.05, 0.1) is 24.2 Å². The van der Waals surface area contributed by atoms with Crippen molar-refractivity contribution in [2.75, 3.05) is 38.2 Å². The number of carbonyl (C=O) groups excluding carboxylic acids is 1. The number of amides is 1. The summed E-state index contributed by atoms with van der Waals surface area (Å²) >= 11 is 0. The first-order valence-electron chi connectivity index (χ1n) is 12.1. The van der Waals surface area contributed by atoms with E-state index in [1.54, 1.807) is 35.9 Å². The maximum Gasteiger partial charge on any atom is 0.272 e. The molecule has 3 heterocycles. The Morgan fingerprint density at radius 1 is 0.972 bits per heavy atom. The van der Waals surface area contributed by atoms with Crippen molar-refractivity contribution in [1.82, 2.24) is 19.5 Å². The van der Waals surface area contributed by atoms with Crippen LogP contribution in [-0.4, -0.2) is 58.7 Å². The highest BCUT2D eigenvalue weighted by molar-refractivity contribution is 5.94. The maximum absolute atomic E-state index is 14.6. The summed E-state index contributed by atoms with van der Waals surface area (Å²) in [6.45, 7) is 8.62. The lowest BCUT2D eigenvalue weighted by molar-refractivity contribution is 0.0737. The molecule has 2 aromatic carbocycles. The largest absolute Gasteiger partial charge is 0.495 e. The molecule has 0 atom stereocenters. The fourth-order valence-electron chi connectivity index (χ4n) is 4.50. The number of hydrogen-bond donors (Lipinski definition) is 0. The number of hydrogen-bond acceptors (Lipinski definition) is 5. The molecule has 1 fully saturated rings. The van der Waals surface area contributed by atoms with Crippen LogP contribution in [-0.2, 0) is 5.41 Å². The van der Waals surface area contributed by atoms with E-state index in [9.17, 15) is 9.18 Å². The molecule has 0 radical (unpaired) electrons. The minimum Gasteiger partial charge on any atom is -0.495 e. The zero-order chi connectivity index (χ0) is 25.4. The molecule has 1 saturated heterocycles. The monoisotopic (exact) mass is 487 g/mol. The van der Waals surface area contributed by atoms with Gasteiger partial charge in [0.1, 0.15) is 17.3 Å². The number of benzene rings is 2. The lowest BCUT2D eigenvalue weighted by Crippen LogP contribution is -2.49. The molecule has 0 bridgehead atoms. The van der Waals surface area contributed by atoms with Gasteiger partial charge in [0, 0.05) is 43.2 Å². The van der Waals surface area contributed by atoms with Crippen molar-refractivity contribution in [1.29, 1.82) is 0 Å². The highest BCUT2D eigenvalue weighted by Gasteiger charge is 2.28. The van der Waals surface area contributed by atoms with Gasteiger partial charge in [-0.3, -0.25) is 4.79 Å². The SMILES string of the molecule is COc1ccccc1N1CCN(C(=O)c2cc(-c3ccccc3F)nc3cc(C(C)(C)C)nn23)CC1. The number of carbonyl (C=O) groups is 1. The molecule has 2 aromatic heterocycles. The second kappa shape index (κ2) is 9.26. The van der Waals surface area contributed by atoms with Crippen LogP contribution in [0.25, 0.3) is 16.9 Å². The number of fused-ring (bicyclic) bond motifs is 1. The fraction of sp³-hybridized carbons (Fsp3) is 0.321. The molecule has 0 spiro atoms. The number of rotatable bonds is 4. The maximum atomic E-state index is 14.6. The van der Waals surface area contributed by atoms with E-state index in [0.29, 0.717) is 48.8 Å². The molecule has 7 nitrogen and oxygen atoms in total. The van der Waals surface area contributed by atoms with Crippen molar-refractivity contribution in [2.45, 2.75) is 26.2 Å². The quantitative estimate of drug-likeness (QED) is 0.414. The van der Waals surface area contributed by atoms with E-state index in [1.807, 2.05) is 35.2 Å². The molecule has 36 heavy (non-hydrogen) atoms. The third-order valence-electron chi connectivity index (χ3n) is 6.56. The minimum absolute atomic E-state index is 0.150. The Hall–Kier alpha value is -3.94. The van der Waals surface area contributed by atoms with Crippen molar-refractivity contribution in [3.8, 4) is 17.0 Å². The van der Waals surface area contributed by atoms with E-state index in [-0.39, 0.29) is 17.1 Å². The second-order valence-electron chi connectivity index (χ2n) is 10.0. The van der Waals surface area contributed by atoms with Gasteiger partial charge in [-0.15, -0.1) is 0 Å². The Morgan fingerprint density at radius 2 is 1.67 bits per heavy atom. The summed E-state index contributed by atoms with van der Waals surface area (Å²) in [4.78, 5) is 22.5. The molecular weight excluding hydrogens is 457 g/mol. The summed E-state index contributed by atoms with van der Waals surface area (Å²) in [6, 6.07) is 17.9. The average Bonchev–Trinajstić information content (AvgIpc) is 3.33. The molecule has 1 amide bonds. The van der Waals surface area contributed by atoms with Crippen molar-refractivity contribution in [3.05, 3.63) is 77.9 Å². The van der Waals surface area contributed by atoms with Crippen LogP contribution in [0.4, 0.5) is 10.1 Å². The average molecular weight is 488 g/mol. The summed E-state index contributed by atoms with van der Waals surface area (Å²) in [5.74, 6) is 0.283. The van der Waals surface area contributed by atoms with Gasteiger partial charge in [0.15, 0.2) is 5.65 Å². The second-order valence-corrected chi connectivity index (χ2v) is 10.0. The molecule has 0 unspecified atom stereocenters. The number of para-hydroxylation sites is 2. The van der Waals surface area contributed by atoms with Crippen LogP contribution in [0.3, 0.4) is 0 Å². The van der Waals surface area contributed by atoms with Crippen LogP contribution >= 0.6 is 0 Å². The topological polar surface area (TPSA) is 63.0 Å². The van der Waals surface area contributed by atoms with Gasteiger partial charge in [-0.2, -0.15) is 5.10 Å². The van der Waals surface area contributed by atoms with E-state index in [2.05, 4.69) is 30.7 Å². The predicted molar refractivity (Wildman–Crippen MR) is 138 cm³/mol. The van der Waals surface area contributed by atoms with E-state index in [1.165, 1.54) is 6.07 Å². The Balaban J connectivity index is 1.49. The number of methoxy groups -OCH3 is 1. The van der Waals surface area contributed by atoms with Gasteiger partial charge in [0.2, 0.25) is 0 Å². The standard InChI is InChI=1S/C28H30FN5O2/c1-28(2,3)25-18-26-30-21(19-9-5-6-10-20(19)29)17-23(34(26)31-25)27(35)33-15-13-32(14-16-33)22-11-7-8-12-24(22)36-4/h5-12,17-18H,13-16H2,1-4H3. The fourth-order valence-corrected chi connectivity index (χ4v) is 4.50. The van der Waals surface area contributed by atoms with Gasteiger partial charge in [-0.05, 0) is 30.3 Å². The molecule has 0 aliphatic carbocycles. The summed E-state index contributed by atoms with van der Waals surface area (Å²) < 4.78 is 21.8. The molecule has 5 rings (SSSR count). The van der Waals surface area contributed by atoms with E-state index in [0.717, 1.165) is 17.1 Å². The molecule has 0 N–H and O–H groups in total. The zero-order valence-electron chi connectivity index (χ0n) is 21.0. The number of halogens is 1. The molecule has 1 aliphatic rings. The first-order chi connectivity index (χ1) is 17.3. The Morgan fingerprint density at radius 3 is 2.36 bits per heavy atom. The Kier molecular flexibility index (Phi) is 6.12. The molecular formula is C28H30FN5O2. The number of aromatic nitrogens is 3. The molecule has 1 aliphatic heterocycles. The number of ether oxygens (including phenoxy) is 1. The number of piperazine rings is 1. The van der Waals surface area contributed by atoms with Crippen LogP contribution in [0.2, 0.25) is 0 Å². The normalized spacial score (nSPS) is 14.4. The molecule has 8 heteroatoms. The van der Waals surface area contributed by atoms with Crippen LogP contribution in [0.5, 0.6) is 5.75 Å². The molecule has 0 saturated carbocycles. The van der Waals surface area contributed by atoms with E-state index >= 15 is 0 Å². The van der Waals surface area contributed by atoms with Crippen LogP contribution in [0.15, 0.2) is 60.7 Å². The number of anilines is 1. The minimum atomic E-state index is -0.381. The van der Waals surface area contributed by atoms with E-state index in [4.69, 9.17) is 9.84 Å². The van der Waals surface area contributed by atoms with E-state index < -0.39 is 0 Å². The smallest absolute Gasteiger partial charge is 0.272 e. The summed E-state index contributed by atoms with van der Waals surface area (Å²) in [5.41, 5.74) is 3.27. The lowest BCUT2D eigenvalue weighted by Gasteiger charge is -2.36. The Bertz CT molecular complexity index is 1420. The van der Waals surface area contributed by atoms with Crippen molar-refractivity contribution in [2.24, 2.45) is 0 Å². The lowest BCUT2D eigenvalue weighted by atomic mass is 9.93. The highest BCUT2D eigenvalue weighted by Crippen LogP contribution is 2.30. The van der Waals surface area contributed by atoms with Gasteiger partial charge in [-0.1, -0.05) is 45.0 Å².